The molecule has 1 radical (unpaired) electrons. The normalized spacial score (nSPS) is 37.3. The average molecular weight is 288 g/mol. The van der Waals surface area contributed by atoms with E-state index in [2.05, 4.69) is 10.1 Å². The van der Waals surface area contributed by atoms with Crippen molar-refractivity contribution in [1.29, 1.82) is 0 Å². The van der Waals surface area contributed by atoms with Crippen LogP contribution >= 0.6 is 0 Å². The molecular formula is C17H26N3O. The first-order valence-electron chi connectivity index (χ1n) is 8.60. The van der Waals surface area contributed by atoms with Crippen molar-refractivity contribution in [1.82, 2.24) is 10.1 Å². The third-order valence-corrected chi connectivity index (χ3v) is 5.91. The van der Waals surface area contributed by atoms with E-state index < -0.39 is 0 Å². The first kappa shape index (κ1) is 13.7. The molecule has 0 amide bonds. The maximum atomic E-state index is 5.51. The Labute approximate surface area is 126 Å². The van der Waals surface area contributed by atoms with E-state index in [-0.39, 0.29) is 0 Å². The van der Waals surface area contributed by atoms with Crippen molar-refractivity contribution < 1.29 is 4.52 Å². The zero-order valence-corrected chi connectivity index (χ0v) is 12.8. The zero-order valence-electron chi connectivity index (χ0n) is 12.8. The summed E-state index contributed by atoms with van der Waals surface area (Å²) in [6.07, 6.45) is 13.6. The van der Waals surface area contributed by atoms with Gasteiger partial charge in [-0.2, -0.15) is 4.98 Å². The quantitative estimate of drug-likeness (QED) is 0.817. The molecule has 1 aromatic rings. The minimum Gasteiger partial charge on any atom is -0.339 e. The third kappa shape index (κ3) is 2.75. The third-order valence-electron chi connectivity index (χ3n) is 5.91. The summed E-state index contributed by atoms with van der Waals surface area (Å²) in [5.41, 5.74) is 6.00. The maximum Gasteiger partial charge on any atom is 0.230 e. The van der Waals surface area contributed by atoms with Gasteiger partial charge in [0, 0.05) is 6.42 Å². The van der Waals surface area contributed by atoms with Crippen LogP contribution in [0.1, 0.15) is 63.1 Å². The van der Waals surface area contributed by atoms with Crippen LogP contribution in [0.25, 0.3) is 0 Å². The van der Waals surface area contributed by atoms with E-state index in [1.54, 1.807) is 0 Å². The molecule has 1 heterocycles. The lowest BCUT2D eigenvalue weighted by Crippen LogP contribution is -2.47. The molecule has 2 N–H and O–H groups in total. The van der Waals surface area contributed by atoms with Crippen molar-refractivity contribution in [3.05, 3.63) is 18.1 Å². The summed E-state index contributed by atoms with van der Waals surface area (Å²) in [5.74, 6) is 4.57. The second-order valence-corrected chi connectivity index (χ2v) is 7.78. The van der Waals surface area contributed by atoms with E-state index in [0.29, 0.717) is 17.9 Å². The van der Waals surface area contributed by atoms with Crippen LogP contribution in [0.3, 0.4) is 0 Å². The van der Waals surface area contributed by atoms with Gasteiger partial charge in [0.25, 0.3) is 0 Å². The lowest BCUT2D eigenvalue weighted by atomic mass is 9.49. The van der Waals surface area contributed by atoms with Gasteiger partial charge in [0.05, 0.1) is 6.42 Å². The second kappa shape index (κ2) is 5.38. The monoisotopic (exact) mass is 288 g/mol. The number of nitrogens with zero attached hydrogens (tertiary/aromatic N) is 2. The SMILES string of the molecule is NCCC[CH]c1nc(CC23CC4CC(CC(C4)C2)C3)no1. The van der Waals surface area contributed by atoms with Gasteiger partial charge in [-0.3, -0.25) is 0 Å². The highest BCUT2D eigenvalue weighted by molar-refractivity contribution is 5.06. The highest BCUT2D eigenvalue weighted by Crippen LogP contribution is 2.60. The van der Waals surface area contributed by atoms with Crippen molar-refractivity contribution in [2.75, 3.05) is 6.54 Å². The summed E-state index contributed by atoms with van der Waals surface area (Å²) in [6.45, 7) is 0.713. The van der Waals surface area contributed by atoms with E-state index in [0.717, 1.165) is 42.8 Å². The molecule has 4 fully saturated rings. The van der Waals surface area contributed by atoms with Crippen LogP contribution in [0.15, 0.2) is 4.52 Å². The predicted octanol–water partition coefficient (Wildman–Crippen LogP) is 3.12. The van der Waals surface area contributed by atoms with E-state index in [9.17, 15) is 0 Å². The number of aromatic nitrogens is 2. The fourth-order valence-electron chi connectivity index (χ4n) is 5.61. The Bertz CT molecular complexity index is 461. The fourth-order valence-corrected chi connectivity index (χ4v) is 5.61. The summed E-state index contributed by atoms with van der Waals surface area (Å²) < 4.78 is 5.37. The lowest BCUT2D eigenvalue weighted by molar-refractivity contribution is -0.0533. The summed E-state index contributed by atoms with van der Waals surface area (Å²) in [4.78, 5) is 4.58. The van der Waals surface area contributed by atoms with Gasteiger partial charge in [0.15, 0.2) is 5.82 Å². The standard InChI is InChI=1S/C17H26N3O/c18-4-2-1-3-16-19-15(20-21-16)11-17-8-12-5-13(9-17)7-14(6-12)10-17/h3,12-14H,1-2,4-11,18H2. The molecule has 115 valence electrons. The second-order valence-electron chi connectivity index (χ2n) is 7.78. The van der Waals surface area contributed by atoms with Gasteiger partial charge in [-0.1, -0.05) is 5.16 Å². The molecule has 21 heavy (non-hydrogen) atoms. The molecular weight excluding hydrogens is 262 g/mol. The van der Waals surface area contributed by atoms with Crippen molar-refractivity contribution >= 4 is 0 Å². The molecule has 0 aliphatic heterocycles. The van der Waals surface area contributed by atoms with E-state index in [1.807, 2.05) is 6.42 Å². The molecule has 4 aliphatic rings. The molecule has 0 unspecified atom stereocenters. The first-order valence-corrected chi connectivity index (χ1v) is 8.60. The molecule has 5 rings (SSSR count). The summed E-state index contributed by atoms with van der Waals surface area (Å²) >= 11 is 0. The van der Waals surface area contributed by atoms with Crippen molar-refractivity contribution in [2.45, 2.75) is 57.8 Å². The van der Waals surface area contributed by atoms with Gasteiger partial charge in [-0.25, -0.2) is 0 Å². The molecule has 0 aromatic carbocycles. The van der Waals surface area contributed by atoms with Crippen LogP contribution in [0.4, 0.5) is 0 Å². The number of unbranched alkanes of at least 4 members (excludes halogenated alkanes) is 1. The zero-order chi connectivity index (χ0) is 14.3. The topological polar surface area (TPSA) is 64.9 Å². The predicted molar refractivity (Wildman–Crippen MR) is 80.3 cm³/mol. The smallest absolute Gasteiger partial charge is 0.230 e. The molecule has 4 nitrogen and oxygen atoms in total. The number of hydrogen-bond acceptors (Lipinski definition) is 4. The fraction of sp³-hybridized carbons (Fsp3) is 0.824. The number of rotatable bonds is 6. The van der Waals surface area contributed by atoms with Crippen molar-refractivity contribution in [3.63, 3.8) is 0 Å². The number of hydrogen-bond donors (Lipinski definition) is 1. The van der Waals surface area contributed by atoms with Crippen LogP contribution in [-0.4, -0.2) is 16.7 Å². The van der Waals surface area contributed by atoms with Crippen molar-refractivity contribution in [3.8, 4) is 0 Å². The summed E-state index contributed by atoms with van der Waals surface area (Å²) in [5, 5.41) is 4.22. The Morgan fingerprint density at radius 2 is 1.81 bits per heavy atom. The van der Waals surface area contributed by atoms with Gasteiger partial charge >= 0.3 is 0 Å². The largest absolute Gasteiger partial charge is 0.339 e. The highest BCUT2D eigenvalue weighted by atomic mass is 16.5. The van der Waals surface area contributed by atoms with Gasteiger partial charge in [0.1, 0.15) is 0 Å². The molecule has 1 aromatic heterocycles. The first-order chi connectivity index (χ1) is 10.2. The Balaban J connectivity index is 1.41. The van der Waals surface area contributed by atoms with Crippen LogP contribution < -0.4 is 5.73 Å². The van der Waals surface area contributed by atoms with Gasteiger partial charge in [-0.15, -0.1) is 0 Å². The summed E-state index contributed by atoms with van der Waals surface area (Å²) in [7, 11) is 0. The molecule has 0 saturated heterocycles. The molecule has 0 atom stereocenters. The molecule has 4 saturated carbocycles. The minimum absolute atomic E-state index is 0.493. The highest BCUT2D eigenvalue weighted by Gasteiger charge is 2.51. The maximum absolute atomic E-state index is 5.51. The van der Waals surface area contributed by atoms with Gasteiger partial charge in [0.2, 0.25) is 5.89 Å². The van der Waals surface area contributed by atoms with Crippen LogP contribution in [0, 0.1) is 29.6 Å². The molecule has 4 aliphatic carbocycles. The van der Waals surface area contributed by atoms with E-state index >= 15 is 0 Å². The Kier molecular flexibility index (Phi) is 3.52. The van der Waals surface area contributed by atoms with Gasteiger partial charge in [-0.05, 0) is 81.1 Å². The van der Waals surface area contributed by atoms with Crippen LogP contribution in [0.5, 0.6) is 0 Å². The Morgan fingerprint density at radius 3 is 2.43 bits per heavy atom. The number of nitrogens with two attached hydrogens (primary N) is 1. The van der Waals surface area contributed by atoms with Crippen LogP contribution in [-0.2, 0) is 6.42 Å². The molecule has 0 spiro atoms. The van der Waals surface area contributed by atoms with E-state index in [4.69, 9.17) is 10.3 Å². The van der Waals surface area contributed by atoms with Gasteiger partial charge < -0.3 is 10.3 Å². The minimum atomic E-state index is 0.493. The van der Waals surface area contributed by atoms with E-state index in [1.165, 1.54) is 38.5 Å². The van der Waals surface area contributed by atoms with Crippen LogP contribution in [0.2, 0.25) is 0 Å². The molecule has 4 bridgehead atoms. The lowest BCUT2D eigenvalue weighted by Gasteiger charge is -2.56. The van der Waals surface area contributed by atoms with Crippen molar-refractivity contribution in [2.24, 2.45) is 28.9 Å². The molecule has 4 heteroatoms. The summed E-state index contributed by atoms with van der Waals surface area (Å²) in [6, 6.07) is 0. The average Bonchev–Trinajstić information content (AvgIpc) is 2.84. The Morgan fingerprint density at radius 1 is 1.14 bits per heavy atom. The Hall–Kier alpha value is -0.900.